The topological polar surface area (TPSA) is 92.0 Å². The summed E-state index contributed by atoms with van der Waals surface area (Å²) in [5.41, 5.74) is -1.68. The van der Waals surface area contributed by atoms with Gasteiger partial charge in [-0.05, 0) is 58.2 Å². The normalized spacial score (nSPS) is 26.4. The van der Waals surface area contributed by atoms with Gasteiger partial charge in [-0.25, -0.2) is 9.59 Å². The zero-order valence-electron chi connectivity index (χ0n) is 18.8. The van der Waals surface area contributed by atoms with Crippen LogP contribution >= 0.6 is 0 Å². The Kier molecular flexibility index (Phi) is 4.72. The second kappa shape index (κ2) is 6.84. The predicted molar refractivity (Wildman–Crippen MR) is 113 cm³/mol. The average Bonchev–Trinajstić information content (AvgIpc) is 2.96. The average molecular weight is 428 g/mol. The highest BCUT2D eigenvalue weighted by molar-refractivity contribution is 5.94. The molecule has 31 heavy (non-hydrogen) atoms. The molecule has 0 spiro atoms. The third kappa shape index (κ3) is 2.89. The summed E-state index contributed by atoms with van der Waals surface area (Å²) < 4.78 is 22.7. The lowest BCUT2D eigenvalue weighted by molar-refractivity contribution is -0.184. The van der Waals surface area contributed by atoms with Crippen LogP contribution in [-0.2, 0) is 25.7 Å². The fourth-order valence-electron chi connectivity index (χ4n) is 4.88. The van der Waals surface area contributed by atoms with Crippen LogP contribution in [0.3, 0.4) is 0 Å². The Morgan fingerprint density at radius 1 is 1.16 bits per heavy atom. The SMILES string of the molecule is Cc1cc(=O)oc2c(COC(=O)[C@@]34CC[C@@](C)(C(=O)O3)C4(C)C)c(OC(C)C)ccc12. The molecule has 0 unspecified atom stereocenters. The zero-order chi connectivity index (χ0) is 22.8. The van der Waals surface area contributed by atoms with Crippen LogP contribution in [0.1, 0.15) is 58.6 Å². The van der Waals surface area contributed by atoms with E-state index in [1.807, 2.05) is 47.6 Å². The lowest BCUT2D eigenvalue weighted by Gasteiger charge is -2.34. The first kappa shape index (κ1) is 21.4. The third-order valence-corrected chi connectivity index (χ3v) is 7.30. The largest absolute Gasteiger partial charge is 0.490 e. The van der Waals surface area contributed by atoms with E-state index in [9.17, 15) is 14.4 Å². The van der Waals surface area contributed by atoms with Crippen molar-refractivity contribution in [2.75, 3.05) is 0 Å². The Morgan fingerprint density at radius 3 is 2.45 bits per heavy atom. The van der Waals surface area contributed by atoms with Crippen LogP contribution in [0.5, 0.6) is 5.75 Å². The van der Waals surface area contributed by atoms with Gasteiger partial charge >= 0.3 is 17.6 Å². The molecule has 7 heteroatoms. The van der Waals surface area contributed by atoms with E-state index < -0.39 is 28.0 Å². The number of rotatable bonds is 5. The summed E-state index contributed by atoms with van der Waals surface area (Å²) in [4.78, 5) is 37.8. The zero-order valence-corrected chi connectivity index (χ0v) is 18.8. The van der Waals surface area contributed by atoms with Crippen molar-refractivity contribution >= 4 is 22.9 Å². The molecule has 2 aliphatic rings. The first-order chi connectivity index (χ1) is 14.4. The summed E-state index contributed by atoms with van der Waals surface area (Å²) in [5, 5.41) is 0.737. The van der Waals surface area contributed by atoms with Crippen LogP contribution < -0.4 is 10.4 Å². The lowest BCUT2D eigenvalue weighted by atomic mass is 9.66. The van der Waals surface area contributed by atoms with E-state index in [0.717, 1.165) is 10.9 Å². The van der Waals surface area contributed by atoms with E-state index in [1.165, 1.54) is 6.07 Å². The van der Waals surface area contributed by atoms with E-state index in [-0.39, 0.29) is 18.7 Å². The molecule has 2 aromatic rings. The molecule has 1 saturated heterocycles. The van der Waals surface area contributed by atoms with Crippen LogP contribution in [0.15, 0.2) is 27.4 Å². The summed E-state index contributed by atoms with van der Waals surface area (Å²) in [6.07, 6.45) is 0.852. The number of fused-ring (bicyclic) bond motifs is 3. The smallest absolute Gasteiger partial charge is 0.351 e. The molecule has 1 aliphatic heterocycles. The first-order valence-electron chi connectivity index (χ1n) is 10.6. The summed E-state index contributed by atoms with van der Waals surface area (Å²) in [7, 11) is 0. The molecule has 2 bridgehead atoms. The molecule has 2 atom stereocenters. The number of hydrogen-bond acceptors (Lipinski definition) is 7. The standard InChI is InChI=1S/C24H28O7/c1-13(2)29-17-8-7-15-14(3)11-18(25)30-19(15)16(17)12-28-21(27)24-10-9-23(6,20(26)31-24)22(24,4)5/h7-8,11,13H,9-10,12H2,1-6H3/t23-,24+/m0/s1. The summed E-state index contributed by atoms with van der Waals surface area (Å²) in [6, 6.07) is 5.02. The molecule has 0 amide bonds. The Balaban J connectivity index is 1.71. The van der Waals surface area contributed by atoms with Crippen LogP contribution in [0, 0.1) is 17.8 Å². The Hall–Kier alpha value is -2.83. The number of carbonyl (C=O) groups excluding carboxylic acids is 2. The fraction of sp³-hybridized carbons (Fsp3) is 0.542. The van der Waals surface area contributed by atoms with Crippen molar-refractivity contribution < 1.29 is 28.2 Å². The molecule has 1 aromatic heterocycles. The maximum atomic E-state index is 13.3. The quantitative estimate of drug-likeness (QED) is 0.524. The molecule has 7 nitrogen and oxygen atoms in total. The lowest BCUT2D eigenvalue weighted by Crippen LogP contribution is -2.48. The van der Waals surface area contributed by atoms with Crippen molar-refractivity contribution in [2.24, 2.45) is 10.8 Å². The highest BCUT2D eigenvalue weighted by atomic mass is 16.6. The predicted octanol–water partition coefficient (Wildman–Crippen LogP) is 4.05. The van der Waals surface area contributed by atoms with Crippen molar-refractivity contribution in [2.45, 2.75) is 72.7 Å². The van der Waals surface area contributed by atoms with E-state index in [2.05, 4.69) is 0 Å². The van der Waals surface area contributed by atoms with Gasteiger partial charge in [-0.1, -0.05) is 13.8 Å². The molecule has 1 aliphatic carbocycles. The van der Waals surface area contributed by atoms with Gasteiger partial charge in [-0.2, -0.15) is 0 Å². The highest BCUT2D eigenvalue weighted by Crippen LogP contribution is 2.65. The van der Waals surface area contributed by atoms with E-state index in [4.69, 9.17) is 18.6 Å². The van der Waals surface area contributed by atoms with Crippen LogP contribution in [0.25, 0.3) is 11.0 Å². The molecule has 2 heterocycles. The molecule has 2 fully saturated rings. The molecule has 166 valence electrons. The summed E-state index contributed by atoms with van der Waals surface area (Å²) >= 11 is 0. The monoisotopic (exact) mass is 428 g/mol. The minimum Gasteiger partial charge on any atom is -0.490 e. The van der Waals surface area contributed by atoms with Gasteiger partial charge in [-0.15, -0.1) is 0 Å². The van der Waals surface area contributed by atoms with Crippen LogP contribution in [0.2, 0.25) is 0 Å². The number of aryl methyl sites for hydroxylation is 1. The number of esters is 2. The Morgan fingerprint density at radius 2 is 1.87 bits per heavy atom. The van der Waals surface area contributed by atoms with Gasteiger partial charge < -0.3 is 18.6 Å². The Labute approximate surface area is 180 Å². The molecular formula is C24H28O7. The first-order valence-corrected chi connectivity index (χ1v) is 10.6. The molecule has 4 rings (SSSR count). The van der Waals surface area contributed by atoms with Gasteiger partial charge in [0.05, 0.1) is 17.1 Å². The van der Waals surface area contributed by atoms with Crippen molar-refractivity contribution in [1.29, 1.82) is 0 Å². The molecule has 0 radical (unpaired) electrons. The number of hydrogen-bond donors (Lipinski definition) is 0. The van der Waals surface area contributed by atoms with Gasteiger partial charge in [0.1, 0.15) is 17.9 Å². The number of ether oxygens (including phenoxy) is 3. The van der Waals surface area contributed by atoms with Crippen LogP contribution in [0.4, 0.5) is 0 Å². The minimum absolute atomic E-state index is 0.132. The molecule has 1 aromatic carbocycles. The second-order valence-electron chi connectivity index (χ2n) is 9.58. The van der Waals surface area contributed by atoms with Crippen LogP contribution in [-0.4, -0.2) is 23.6 Å². The van der Waals surface area contributed by atoms with Gasteiger partial charge in [-0.3, -0.25) is 4.79 Å². The molecule has 0 N–H and O–H groups in total. The number of benzene rings is 1. The highest BCUT2D eigenvalue weighted by Gasteiger charge is 2.76. The maximum Gasteiger partial charge on any atom is 0.351 e. The van der Waals surface area contributed by atoms with Gasteiger partial charge in [0.15, 0.2) is 0 Å². The van der Waals surface area contributed by atoms with Gasteiger partial charge in [0.25, 0.3) is 0 Å². The van der Waals surface area contributed by atoms with E-state index >= 15 is 0 Å². The Bertz CT molecular complexity index is 1140. The third-order valence-electron chi connectivity index (χ3n) is 7.30. The maximum absolute atomic E-state index is 13.3. The summed E-state index contributed by atoms with van der Waals surface area (Å²) in [5.74, 6) is -0.480. The second-order valence-corrected chi connectivity index (χ2v) is 9.58. The van der Waals surface area contributed by atoms with Crippen molar-refractivity contribution in [1.82, 2.24) is 0 Å². The van der Waals surface area contributed by atoms with Gasteiger partial charge in [0.2, 0.25) is 5.60 Å². The van der Waals surface area contributed by atoms with Crippen molar-refractivity contribution in [3.63, 3.8) is 0 Å². The van der Waals surface area contributed by atoms with Crippen molar-refractivity contribution in [3.8, 4) is 5.75 Å². The fourth-order valence-corrected chi connectivity index (χ4v) is 4.88. The molecule has 1 saturated carbocycles. The van der Waals surface area contributed by atoms with E-state index in [1.54, 1.807) is 6.07 Å². The minimum atomic E-state index is -1.32. The van der Waals surface area contributed by atoms with E-state index in [0.29, 0.717) is 29.7 Å². The molecular weight excluding hydrogens is 400 g/mol. The van der Waals surface area contributed by atoms with Crippen molar-refractivity contribution in [3.05, 3.63) is 39.7 Å². The summed E-state index contributed by atoms with van der Waals surface area (Å²) in [6.45, 7) is 11.0. The van der Waals surface area contributed by atoms with Gasteiger partial charge in [0, 0.05) is 16.9 Å². The number of carbonyl (C=O) groups is 2.